The molecule has 3 rings (SSSR count). The number of esters is 2. The number of cyclic esters (lactones) is 2. The molecule has 1 aromatic carbocycles. The Bertz CT molecular complexity index is 1440. The van der Waals surface area contributed by atoms with E-state index in [1.165, 1.54) is 0 Å². The summed E-state index contributed by atoms with van der Waals surface area (Å²) in [6.07, 6.45) is 11.3. The predicted molar refractivity (Wildman–Crippen MR) is 239 cm³/mol. The van der Waals surface area contributed by atoms with Gasteiger partial charge in [0.25, 0.3) is 0 Å². The highest BCUT2D eigenvalue weighted by molar-refractivity contribution is 6.14. The molecule has 0 spiro atoms. The summed E-state index contributed by atoms with van der Waals surface area (Å²) in [5.74, 6) is -2.84. The topological polar surface area (TPSA) is 359 Å². The van der Waals surface area contributed by atoms with E-state index in [0.717, 1.165) is 44.9 Å². The monoisotopic (exact) mass is 935 g/mol. The highest BCUT2D eigenvalue weighted by atomic mass is 16.6. The summed E-state index contributed by atoms with van der Waals surface area (Å²) >= 11 is 0. The minimum Gasteiger partial charge on any atom is -0.481 e. The van der Waals surface area contributed by atoms with Crippen LogP contribution in [0.3, 0.4) is 0 Å². The number of carboxylic acid groups (broad SMARTS) is 2. The standard InChI is InChI=1S/C12H18N2O2.C8H4O3.C6H10O4.C6H14O3.C6H14O2.C5H12O2.C2H6O2/c1-11(2)4-10(14-9-16)5-12(3,6-11)7-13-8-15;9-7-5-3-1-2-4-6(5)8(10)11-7;7-5(8)3-1-2-4-6(9)10;1-2-6(3-7,4-8)5-9;7-5-3-1-2-4-6-8;1-5(2,3-6)4-7;3-1-2-4/h10H,4-7H2,1-3H3;1-4H;1-4H2,(H,7,8)(H,9,10);7-9H,2-5H2,1H3;7-8H,1-6H2;6-7H,3-4H2,1-2H3;3-4H,1-2H2. The molecule has 0 bridgehead atoms. The van der Waals surface area contributed by atoms with Crippen LogP contribution >= 0.6 is 0 Å². The second-order valence-corrected chi connectivity index (χ2v) is 17.2. The van der Waals surface area contributed by atoms with Crippen molar-refractivity contribution >= 4 is 36.0 Å². The van der Waals surface area contributed by atoms with Crippen molar-refractivity contribution in [1.29, 1.82) is 0 Å². The summed E-state index contributed by atoms with van der Waals surface area (Å²) < 4.78 is 4.35. The van der Waals surface area contributed by atoms with E-state index in [0.29, 0.717) is 36.9 Å². The number of carbonyl (C=O) groups is 4. The Morgan fingerprint density at radius 2 is 1.11 bits per heavy atom. The lowest BCUT2D eigenvalue weighted by Gasteiger charge is -2.44. The van der Waals surface area contributed by atoms with Crippen molar-refractivity contribution in [2.24, 2.45) is 31.6 Å². The Balaban J connectivity index is -0.000000345. The molecule has 11 N–H and O–H groups in total. The normalized spacial score (nSPS) is 16.4. The molecule has 1 fully saturated rings. The van der Waals surface area contributed by atoms with Gasteiger partial charge in [-0.05, 0) is 74.3 Å². The van der Waals surface area contributed by atoms with E-state index >= 15 is 0 Å². The molecule has 1 aromatic rings. The predicted octanol–water partition coefficient (Wildman–Crippen LogP) is 2.82. The molecule has 0 saturated heterocycles. The van der Waals surface area contributed by atoms with Gasteiger partial charge in [0.15, 0.2) is 0 Å². The Morgan fingerprint density at radius 1 is 0.677 bits per heavy atom. The van der Waals surface area contributed by atoms with E-state index < -0.39 is 29.3 Å². The minimum atomic E-state index is -0.870. The lowest BCUT2D eigenvalue weighted by molar-refractivity contribution is -0.139. The zero-order valence-electron chi connectivity index (χ0n) is 39.1. The first-order valence-electron chi connectivity index (χ1n) is 21.4. The molecule has 20 heteroatoms. The molecular formula is C45H78N2O18. The van der Waals surface area contributed by atoms with Gasteiger partial charge in [0, 0.05) is 36.9 Å². The molecule has 65 heavy (non-hydrogen) atoms. The quantitative estimate of drug-likeness (QED) is 0.0294. The van der Waals surface area contributed by atoms with Crippen LogP contribution in [0, 0.1) is 21.7 Å². The molecule has 0 radical (unpaired) electrons. The van der Waals surface area contributed by atoms with Crippen molar-refractivity contribution in [3.8, 4) is 0 Å². The highest BCUT2D eigenvalue weighted by Crippen LogP contribution is 2.47. The summed E-state index contributed by atoms with van der Waals surface area (Å²) in [7, 11) is 0. The van der Waals surface area contributed by atoms with E-state index in [-0.39, 0.29) is 94.6 Å². The van der Waals surface area contributed by atoms with E-state index in [1.54, 1.807) is 50.3 Å². The first kappa shape index (κ1) is 67.3. The van der Waals surface area contributed by atoms with Crippen molar-refractivity contribution < 1.29 is 89.7 Å². The second kappa shape index (κ2) is 40.0. The molecule has 0 aromatic heterocycles. The van der Waals surface area contributed by atoms with E-state index in [4.69, 9.17) is 56.2 Å². The number of carbonyl (C=O) groups excluding carboxylic acids is 4. The molecule has 0 amide bonds. The van der Waals surface area contributed by atoms with Gasteiger partial charge in [-0.2, -0.15) is 0 Å². The number of ether oxygens (including phenoxy) is 1. The van der Waals surface area contributed by atoms with Gasteiger partial charge in [-0.15, -0.1) is 0 Å². The minimum absolute atomic E-state index is 0.00750. The van der Waals surface area contributed by atoms with Gasteiger partial charge in [0.05, 0.1) is 70.0 Å². The van der Waals surface area contributed by atoms with Crippen LogP contribution < -0.4 is 0 Å². The third kappa shape index (κ3) is 36.6. The third-order valence-electron chi connectivity index (χ3n) is 9.54. The number of rotatable bonds is 20. The van der Waals surface area contributed by atoms with Gasteiger partial charge in [-0.1, -0.05) is 66.5 Å². The smallest absolute Gasteiger partial charge is 0.346 e. The lowest BCUT2D eigenvalue weighted by Crippen LogP contribution is -2.39. The number of unbranched alkanes of at least 4 members (excludes halogenated alkanes) is 4. The van der Waals surface area contributed by atoms with Gasteiger partial charge in [-0.25, -0.2) is 29.2 Å². The SMILES string of the molecule is CC(C)(CO)CO.CC1(C)CC(N=C=O)CC(C)(CN=C=O)C1.CCC(CO)(CO)CO.O=C(O)CCCCC(=O)O.O=C1OC(=O)c2ccccc21.OCCCCCCO.OCCO. The molecule has 20 nitrogen and oxygen atoms in total. The van der Waals surface area contributed by atoms with Crippen LogP contribution in [0.5, 0.6) is 0 Å². The second-order valence-electron chi connectivity index (χ2n) is 17.2. The van der Waals surface area contributed by atoms with Gasteiger partial charge in [0.2, 0.25) is 12.2 Å². The molecule has 1 saturated carbocycles. The lowest BCUT2D eigenvalue weighted by atomic mass is 9.63. The first-order chi connectivity index (χ1) is 30.5. The van der Waals surface area contributed by atoms with Crippen molar-refractivity contribution in [3.05, 3.63) is 35.4 Å². The van der Waals surface area contributed by atoms with Gasteiger partial charge in [0.1, 0.15) is 0 Å². The number of nitrogens with zero attached hydrogens (tertiary/aromatic N) is 2. The summed E-state index contributed by atoms with van der Waals surface area (Å²) in [5.41, 5.74) is -0.198. The van der Waals surface area contributed by atoms with E-state index in [1.807, 2.05) is 6.92 Å². The van der Waals surface area contributed by atoms with Crippen molar-refractivity contribution in [3.63, 3.8) is 0 Å². The van der Waals surface area contributed by atoms with Crippen molar-refractivity contribution in [2.45, 2.75) is 125 Å². The average Bonchev–Trinajstić information content (AvgIpc) is 3.57. The Hall–Kier alpha value is -4.30. The van der Waals surface area contributed by atoms with Crippen LogP contribution in [0.2, 0.25) is 0 Å². The highest BCUT2D eigenvalue weighted by Gasteiger charge is 2.41. The van der Waals surface area contributed by atoms with Crippen LogP contribution in [0.25, 0.3) is 0 Å². The molecule has 1 heterocycles. The Morgan fingerprint density at radius 3 is 1.38 bits per heavy atom. The summed E-state index contributed by atoms with van der Waals surface area (Å²) in [5, 5.41) is 91.0. The third-order valence-corrected chi connectivity index (χ3v) is 9.54. The molecule has 1 aliphatic carbocycles. The first-order valence-corrected chi connectivity index (χ1v) is 21.4. The fourth-order valence-corrected chi connectivity index (χ4v) is 5.79. The number of fused-ring (bicyclic) bond motifs is 1. The van der Waals surface area contributed by atoms with Crippen molar-refractivity contribution in [1.82, 2.24) is 0 Å². The van der Waals surface area contributed by atoms with Crippen LogP contribution in [-0.2, 0) is 23.9 Å². The van der Waals surface area contributed by atoms with E-state index in [2.05, 4.69) is 35.5 Å². The maximum Gasteiger partial charge on any atom is 0.346 e. The molecule has 1 aliphatic heterocycles. The average molecular weight is 935 g/mol. The number of benzene rings is 1. The number of hydrogen-bond donors (Lipinski definition) is 11. The zero-order valence-corrected chi connectivity index (χ0v) is 39.1. The van der Waals surface area contributed by atoms with Gasteiger partial charge >= 0.3 is 23.9 Å². The zero-order chi connectivity index (χ0) is 51.0. The van der Waals surface area contributed by atoms with Gasteiger partial charge in [-0.3, -0.25) is 9.59 Å². The fourth-order valence-electron chi connectivity index (χ4n) is 5.79. The van der Waals surface area contributed by atoms with Crippen LogP contribution in [0.15, 0.2) is 34.3 Å². The van der Waals surface area contributed by atoms with Crippen LogP contribution in [0.4, 0.5) is 0 Å². The molecule has 2 aliphatic rings. The Kier molecular flexibility index (Phi) is 41.4. The van der Waals surface area contributed by atoms with Crippen molar-refractivity contribution in [2.75, 3.05) is 66.0 Å². The maximum atomic E-state index is 10.8. The largest absolute Gasteiger partial charge is 0.481 e. The molecular weight excluding hydrogens is 856 g/mol. The molecule has 2 unspecified atom stereocenters. The van der Waals surface area contributed by atoms with Crippen LogP contribution in [-0.4, -0.2) is 164 Å². The number of aliphatic hydroxyl groups excluding tert-OH is 9. The fraction of sp³-hybridized carbons (Fsp3) is 0.733. The number of aliphatic hydroxyl groups is 9. The number of carboxylic acids is 2. The molecule has 2 atom stereocenters. The van der Waals surface area contributed by atoms with Gasteiger partial charge < -0.3 is 60.9 Å². The summed E-state index contributed by atoms with van der Waals surface area (Å²) in [4.78, 5) is 69.5. The van der Waals surface area contributed by atoms with E-state index in [9.17, 15) is 28.8 Å². The Labute approximate surface area is 382 Å². The summed E-state index contributed by atoms with van der Waals surface area (Å²) in [6, 6.07) is 6.54. The number of hydrogen-bond acceptors (Lipinski definition) is 18. The summed E-state index contributed by atoms with van der Waals surface area (Å²) in [6.45, 7) is 12.2. The number of isocyanates is 2. The maximum absolute atomic E-state index is 10.8. The van der Waals surface area contributed by atoms with Crippen LogP contribution in [0.1, 0.15) is 139 Å². The number of aliphatic carboxylic acids is 2. The number of aliphatic imine (C=N–C) groups is 2. The molecule has 376 valence electrons.